The lowest BCUT2D eigenvalue weighted by Crippen LogP contribution is -2.23. The predicted octanol–water partition coefficient (Wildman–Crippen LogP) is 3.52. The van der Waals surface area contributed by atoms with Crippen molar-refractivity contribution >= 4 is 15.9 Å². The summed E-state index contributed by atoms with van der Waals surface area (Å²) in [5.74, 6) is -0.162. The molecule has 0 amide bonds. The zero-order chi connectivity index (χ0) is 11.3. The van der Waals surface area contributed by atoms with Crippen molar-refractivity contribution in [3.63, 3.8) is 0 Å². The van der Waals surface area contributed by atoms with E-state index >= 15 is 0 Å². The number of hydrogen-bond acceptors (Lipinski definition) is 1. The first-order valence-corrected chi connectivity index (χ1v) is 6.06. The van der Waals surface area contributed by atoms with Gasteiger partial charge >= 0.3 is 0 Å². The zero-order valence-electron chi connectivity index (χ0n) is 9.19. The van der Waals surface area contributed by atoms with Crippen LogP contribution >= 0.6 is 15.9 Å². The van der Waals surface area contributed by atoms with Crippen molar-refractivity contribution in [1.29, 1.82) is 0 Å². The minimum absolute atomic E-state index is 0.162. The van der Waals surface area contributed by atoms with Gasteiger partial charge in [-0.2, -0.15) is 0 Å². The molecule has 0 aromatic heterocycles. The Balaban J connectivity index is 2.40. The largest absolute Gasteiger partial charge is 0.315 e. The minimum atomic E-state index is -0.162. The number of rotatable bonds is 5. The fourth-order valence-electron chi connectivity index (χ4n) is 1.40. The van der Waals surface area contributed by atoms with Gasteiger partial charge in [-0.3, -0.25) is 0 Å². The molecule has 1 aromatic carbocycles. The van der Waals surface area contributed by atoms with Gasteiger partial charge in [0.1, 0.15) is 5.82 Å². The molecular formula is C12H17BrFN. The monoisotopic (exact) mass is 273 g/mol. The van der Waals surface area contributed by atoms with E-state index in [0.29, 0.717) is 6.04 Å². The predicted molar refractivity (Wildman–Crippen MR) is 65.6 cm³/mol. The van der Waals surface area contributed by atoms with Gasteiger partial charge in [-0.15, -0.1) is 0 Å². The average molecular weight is 274 g/mol. The number of nitrogens with one attached hydrogen (secondary N) is 1. The molecule has 0 spiro atoms. The highest BCUT2D eigenvalue weighted by Crippen LogP contribution is 2.19. The van der Waals surface area contributed by atoms with Crippen LogP contribution in [0.5, 0.6) is 0 Å². The Morgan fingerprint density at radius 1 is 1.40 bits per heavy atom. The van der Waals surface area contributed by atoms with E-state index < -0.39 is 0 Å². The van der Waals surface area contributed by atoms with Gasteiger partial charge in [0.15, 0.2) is 0 Å². The van der Waals surface area contributed by atoms with Crippen molar-refractivity contribution in [2.24, 2.45) is 0 Å². The molecule has 0 heterocycles. The Morgan fingerprint density at radius 3 is 2.80 bits per heavy atom. The normalized spacial score (nSPS) is 11.0. The molecule has 15 heavy (non-hydrogen) atoms. The third-order valence-corrected chi connectivity index (χ3v) is 2.96. The summed E-state index contributed by atoms with van der Waals surface area (Å²) < 4.78 is 13.9. The van der Waals surface area contributed by atoms with Gasteiger partial charge in [0.25, 0.3) is 0 Å². The van der Waals surface area contributed by atoms with E-state index in [9.17, 15) is 4.39 Å². The van der Waals surface area contributed by atoms with Crippen molar-refractivity contribution in [1.82, 2.24) is 5.32 Å². The highest BCUT2D eigenvalue weighted by molar-refractivity contribution is 9.10. The topological polar surface area (TPSA) is 12.0 Å². The van der Waals surface area contributed by atoms with Crippen LogP contribution in [-0.4, -0.2) is 12.6 Å². The SMILES string of the molecule is CC(C)NCCCc1cc(F)ccc1Br. The van der Waals surface area contributed by atoms with Crippen LogP contribution in [0.4, 0.5) is 4.39 Å². The number of hydrogen-bond donors (Lipinski definition) is 1. The average Bonchev–Trinajstić information content (AvgIpc) is 2.17. The molecule has 1 nitrogen and oxygen atoms in total. The maximum Gasteiger partial charge on any atom is 0.123 e. The summed E-state index contributed by atoms with van der Waals surface area (Å²) in [6.45, 7) is 5.22. The number of aryl methyl sites for hydroxylation is 1. The highest BCUT2D eigenvalue weighted by atomic mass is 79.9. The van der Waals surface area contributed by atoms with E-state index in [0.717, 1.165) is 29.4 Å². The summed E-state index contributed by atoms with van der Waals surface area (Å²) >= 11 is 3.42. The van der Waals surface area contributed by atoms with E-state index in [2.05, 4.69) is 35.1 Å². The van der Waals surface area contributed by atoms with Gasteiger partial charge in [-0.25, -0.2) is 4.39 Å². The Labute approximate surface area is 99.2 Å². The van der Waals surface area contributed by atoms with Crippen molar-refractivity contribution in [3.8, 4) is 0 Å². The van der Waals surface area contributed by atoms with Crippen LogP contribution in [0.25, 0.3) is 0 Å². The molecule has 0 saturated carbocycles. The maximum absolute atomic E-state index is 12.9. The van der Waals surface area contributed by atoms with Gasteiger partial charge in [-0.1, -0.05) is 29.8 Å². The summed E-state index contributed by atoms with van der Waals surface area (Å²) in [4.78, 5) is 0. The second kappa shape index (κ2) is 6.23. The molecular weight excluding hydrogens is 257 g/mol. The fourth-order valence-corrected chi connectivity index (χ4v) is 1.85. The lowest BCUT2D eigenvalue weighted by Gasteiger charge is -2.08. The minimum Gasteiger partial charge on any atom is -0.315 e. The molecule has 0 radical (unpaired) electrons. The van der Waals surface area contributed by atoms with E-state index in [1.807, 2.05) is 0 Å². The van der Waals surface area contributed by atoms with Crippen molar-refractivity contribution in [3.05, 3.63) is 34.1 Å². The van der Waals surface area contributed by atoms with Gasteiger partial charge in [-0.05, 0) is 43.1 Å². The lowest BCUT2D eigenvalue weighted by molar-refractivity contribution is 0.568. The highest BCUT2D eigenvalue weighted by Gasteiger charge is 2.01. The number of halogens is 2. The zero-order valence-corrected chi connectivity index (χ0v) is 10.8. The van der Waals surface area contributed by atoms with E-state index in [1.54, 1.807) is 12.1 Å². The van der Waals surface area contributed by atoms with Crippen molar-refractivity contribution in [2.75, 3.05) is 6.54 Å². The summed E-state index contributed by atoms with van der Waals surface area (Å²) in [5.41, 5.74) is 1.04. The van der Waals surface area contributed by atoms with E-state index in [4.69, 9.17) is 0 Å². The molecule has 0 saturated heterocycles. The summed E-state index contributed by atoms with van der Waals surface area (Å²) in [6.07, 6.45) is 1.93. The molecule has 0 aliphatic rings. The Kier molecular flexibility index (Phi) is 5.26. The van der Waals surface area contributed by atoms with Crippen LogP contribution in [0, 0.1) is 5.82 Å². The maximum atomic E-state index is 12.9. The molecule has 0 fully saturated rings. The van der Waals surface area contributed by atoms with Gasteiger partial charge < -0.3 is 5.32 Å². The molecule has 0 unspecified atom stereocenters. The van der Waals surface area contributed by atoms with Crippen LogP contribution in [0.2, 0.25) is 0 Å². The quantitative estimate of drug-likeness (QED) is 0.810. The summed E-state index contributed by atoms with van der Waals surface area (Å²) in [7, 11) is 0. The fraction of sp³-hybridized carbons (Fsp3) is 0.500. The first-order valence-electron chi connectivity index (χ1n) is 5.27. The second-order valence-corrected chi connectivity index (χ2v) is 4.80. The van der Waals surface area contributed by atoms with Crippen LogP contribution in [-0.2, 0) is 6.42 Å². The Hall–Kier alpha value is -0.410. The lowest BCUT2D eigenvalue weighted by atomic mass is 10.1. The molecule has 0 bridgehead atoms. The molecule has 1 aromatic rings. The molecule has 1 N–H and O–H groups in total. The van der Waals surface area contributed by atoms with Gasteiger partial charge in [0.2, 0.25) is 0 Å². The number of benzene rings is 1. The van der Waals surface area contributed by atoms with E-state index in [-0.39, 0.29) is 5.82 Å². The van der Waals surface area contributed by atoms with Crippen LogP contribution in [0.15, 0.2) is 22.7 Å². The van der Waals surface area contributed by atoms with E-state index in [1.165, 1.54) is 6.07 Å². The standard InChI is InChI=1S/C12H17BrFN/c1-9(2)15-7-3-4-10-8-11(14)5-6-12(10)13/h5-6,8-9,15H,3-4,7H2,1-2H3. The smallest absolute Gasteiger partial charge is 0.123 e. The van der Waals surface area contributed by atoms with Crippen molar-refractivity contribution in [2.45, 2.75) is 32.7 Å². The second-order valence-electron chi connectivity index (χ2n) is 3.95. The molecule has 0 aliphatic heterocycles. The van der Waals surface area contributed by atoms with Crippen molar-refractivity contribution < 1.29 is 4.39 Å². The van der Waals surface area contributed by atoms with Crippen LogP contribution in [0.1, 0.15) is 25.8 Å². The Bertz CT molecular complexity index is 312. The van der Waals surface area contributed by atoms with Gasteiger partial charge in [0.05, 0.1) is 0 Å². The molecule has 0 aliphatic carbocycles. The van der Waals surface area contributed by atoms with Gasteiger partial charge in [0, 0.05) is 10.5 Å². The first kappa shape index (κ1) is 12.7. The third-order valence-electron chi connectivity index (χ3n) is 2.18. The molecule has 84 valence electrons. The summed E-state index contributed by atoms with van der Waals surface area (Å²) in [6, 6.07) is 5.35. The molecule has 3 heteroatoms. The first-order chi connectivity index (χ1) is 7.09. The molecule has 1 rings (SSSR count). The van der Waals surface area contributed by atoms with Crippen LogP contribution in [0.3, 0.4) is 0 Å². The molecule has 0 atom stereocenters. The van der Waals surface area contributed by atoms with Crippen LogP contribution < -0.4 is 5.32 Å². The Morgan fingerprint density at radius 2 is 2.13 bits per heavy atom. The third kappa shape index (κ3) is 4.76. The summed E-state index contributed by atoms with van der Waals surface area (Å²) in [5, 5.41) is 3.34.